The van der Waals surface area contributed by atoms with Gasteiger partial charge in [0.25, 0.3) is 0 Å². The first-order chi connectivity index (χ1) is 55.8. The molecule has 6 aliphatic heterocycles. The number of benzene rings is 13. The van der Waals surface area contributed by atoms with Crippen LogP contribution in [0.1, 0.15) is 74.9 Å². The highest BCUT2D eigenvalue weighted by Gasteiger charge is 2.43. The Bertz CT molecular complexity index is 5860. The van der Waals surface area contributed by atoms with Crippen LogP contribution in [0.5, 0.6) is 34.5 Å². The lowest BCUT2D eigenvalue weighted by molar-refractivity contribution is 0.476. The van der Waals surface area contributed by atoms with Crippen LogP contribution in [0.2, 0.25) is 0 Å². The minimum atomic E-state index is -0.397. The van der Waals surface area contributed by atoms with Crippen molar-refractivity contribution in [3.05, 3.63) is 362 Å². The van der Waals surface area contributed by atoms with E-state index >= 15 is 0 Å². The summed E-state index contributed by atoms with van der Waals surface area (Å²) in [5, 5.41) is 0. The first kappa shape index (κ1) is 66.3. The molecule has 22 rings (SSSR count). The Kier molecular flexibility index (Phi) is 14.6. The van der Waals surface area contributed by atoms with Gasteiger partial charge in [-0.1, -0.05) is 169 Å². The summed E-state index contributed by atoms with van der Waals surface area (Å²) in [5.74, 6) is 6.30. The molecule has 13 aromatic carbocycles. The number of ether oxygens (including phenoxy) is 3. The molecule has 16 aromatic rings. The zero-order chi connectivity index (χ0) is 76.3. The van der Waals surface area contributed by atoms with Crippen molar-refractivity contribution in [3.8, 4) is 68.7 Å². The molecule has 0 radical (unpaired) electrons. The van der Waals surface area contributed by atoms with Crippen LogP contribution in [0.4, 0.5) is 102 Å². The summed E-state index contributed by atoms with van der Waals surface area (Å²) in [5.41, 5.74) is 25.6. The molecule has 0 N–H and O–H groups in total. The lowest BCUT2D eigenvalue weighted by Gasteiger charge is -2.42. The van der Waals surface area contributed by atoms with Crippen molar-refractivity contribution in [2.75, 3.05) is 29.4 Å². The van der Waals surface area contributed by atoms with Crippen LogP contribution in [0.15, 0.2) is 328 Å². The van der Waals surface area contributed by atoms with Gasteiger partial charge in [-0.05, 0) is 197 Å². The molecule has 0 bridgehead atoms. The molecular weight excluding hydrogens is 1410 g/mol. The SMILES string of the molecule is CC1(C)c2ccccc2N(c2cnc(-c3cc(-c4ncc(N5c6ccccc6C(C)(C)c6cc(N7c8ccccc8Oc8ccccc87)ccc65)cn4)cc(-c4ncc(N5c6ccccc6C(C)(C)c6cc(N7c8ccccc8Oc8ccccc87)ccc65)cn4)c3)nc2)c2ccc(N3c4ccccc4Oc4ccccc43)cc21. The molecule has 0 atom stereocenters. The van der Waals surface area contributed by atoms with E-state index in [1.807, 2.05) is 110 Å². The van der Waals surface area contributed by atoms with Crippen LogP contribution in [0, 0.1) is 0 Å². The summed E-state index contributed by atoms with van der Waals surface area (Å²) >= 11 is 0. The molecule has 15 heteroatoms. The first-order valence-electron chi connectivity index (χ1n) is 38.5. The van der Waals surface area contributed by atoms with E-state index in [1.165, 1.54) is 16.7 Å². The maximum absolute atomic E-state index is 6.48. The van der Waals surface area contributed by atoms with Gasteiger partial charge < -0.3 is 43.6 Å². The van der Waals surface area contributed by atoms with Gasteiger partial charge >= 0.3 is 0 Å². The molecule has 9 heterocycles. The Balaban J connectivity index is 0.653. The molecule has 0 aliphatic carbocycles. The van der Waals surface area contributed by atoms with E-state index in [0.29, 0.717) is 17.5 Å². The average molecular weight is 1480 g/mol. The Hall–Kier alpha value is -14.7. The number of para-hydroxylation sites is 15. The summed E-state index contributed by atoms with van der Waals surface area (Å²) in [6.45, 7) is 13.9. The van der Waals surface area contributed by atoms with E-state index in [9.17, 15) is 0 Å². The molecule has 0 saturated carbocycles. The van der Waals surface area contributed by atoms with Crippen molar-refractivity contribution in [1.82, 2.24) is 29.9 Å². The smallest absolute Gasteiger partial charge is 0.159 e. The van der Waals surface area contributed by atoms with E-state index in [4.69, 9.17) is 44.1 Å². The largest absolute Gasteiger partial charge is 0.453 e. The van der Waals surface area contributed by atoms with Crippen molar-refractivity contribution in [3.63, 3.8) is 0 Å². The number of fused-ring (bicyclic) bond motifs is 12. The number of anilines is 18. The second-order valence-electron chi connectivity index (χ2n) is 31.2. The lowest BCUT2D eigenvalue weighted by Crippen LogP contribution is -2.31. The maximum atomic E-state index is 6.48. The van der Waals surface area contributed by atoms with Crippen molar-refractivity contribution in [2.45, 2.75) is 57.8 Å². The van der Waals surface area contributed by atoms with Crippen LogP contribution in [0.3, 0.4) is 0 Å². The van der Waals surface area contributed by atoms with Gasteiger partial charge in [-0.3, -0.25) is 0 Å². The molecule has 0 spiro atoms. The Morgan fingerprint density at radius 1 is 0.193 bits per heavy atom. The monoisotopic (exact) mass is 1480 g/mol. The zero-order valence-electron chi connectivity index (χ0n) is 63.3. The molecule has 0 fully saturated rings. The van der Waals surface area contributed by atoms with E-state index in [2.05, 4.69) is 289 Å². The van der Waals surface area contributed by atoms with Gasteiger partial charge in [0.2, 0.25) is 0 Å². The van der Waals surface area contributed by atoms with Crippen LogP contribution < -0.4 is 43.6 Å². The highest BCUT2D eigenvalue weighted by Crippen LogP contribution is 2.61. The molecule has 15 nitrogen and oxygen atoms in total. The van der Waals surface area contributed by atoms with Gasteiger partial charge in [-0.2, -0.15) is 0 Å². The molecule has 0 saturated heterocycles. The van der Waals surface area contributed by atoms with E-state index in [0.717, 1.165) is 170 Å². The summed E-state index contributed by atoms with van der Waals surface area (Å²) in [6.07, 6.45) is 11.6. The number of aromatic nitrogens is 6. The molecule has 114 heavy (non-hydrogen) atoms. The number of nitrogens with zero attached hydrogens (tertiary/aromatic N) is 12. The fourth-order valence-corrected chi connectivity index (χ4v) is 18.0. The minimum absolute atomic E-state index is 0.397. The molecule has 546 valence electrons. The first-order valence-corrected chi connectivity index (χ1v) is 38.5. The molecular formula is C99H72N12O3. The van der Waals surface area contributed by atoms with Gasteiger partial charge in [0.1, 0.15) is 0 Å². The minimum Gasteiger partial charge on any atom is -0.453 e. The highest BCUT2D eigenvalue weighted by molar-refractivity contribution is 5.96. The van der Waals surface area contributed by atoms with Gasteiger partial charge in [0.05, 0.1) is 122 Å². The third-order valence-corrected chi connectivity index (χ3v) is 23.6. The van der Waals surface area contributed by atoms with Crippen LogP contribution in [-0.4, -0.2) is 29.9 Å². The maximum Gasteiger partial charge on any atom is 0.159 e. The number of hydrogen-bond donors (Lipinski definition) is 0. The van der Waals surface area contributed by atoms with Gasteiger partial charge in [-0.25, -0.2) is 29.9 Å². The second kappa shape index (κ2) is 25.2. The standard InChI is InChI=1S/C99H72N12O3/c1-97(2)70-25-7-10-28-76(70)109(79-46-43-64(52-73(79)97)106-82-31-13-19-37-88(82)112-89-38-20-14-32-83(89)106)67-55-100-94(101-56-67)61-49-62(95-102-57-68(58-103-95)110-77-29-11-8-26-71(77)98(3,4)74-53-65(44-47-80(74)110)107-84-33-15-21-39-90(84)113-91-40-22-16-34-85(91)107)51-63(50-61)96-104-59-69(60-105-96)111-78-30-12-9-27-72(78)99(5,6)75-54-66(45-48-81(75)111)108-86-35-17-23-41-92(86)114-93-42-24-18-36-87(93)108/h7-60H,1-6H3. The third kappa shape index (κ3) is 10.2. The predicted octanol–water partition coefficient (Wildman–Crippen LogP) is 26.1. The quantitative estimate of drug-likeness (QED) is 0.136. The number of hydrogen-bond acceptors (Lipinski definition) is 15. The predicted molar refractivity (Wildman–Crippen MR) is 454 cm³/mol. The fraction of sp³-hybridized carbons (Fsp3) is 0.0909. The third-order valence-electron chi connectivity index (χ3n) is 23.6. The Labute approximate surface area is 660 Å². The average Bonchev–Trinajstić information content (AvgIpc) is 0.724. The summed E-state index contributed by atoms with van der Waals surface area (Å²) < 4.78 is 19.4. The van der Waals surface area contributed by atoms with Crippen LogP contribution in [0.25, 0.3) is 34.2 Å². The van der Waals surface area contributed by atoms with Gasteiger partial charge in [0.15, 0.2) is 52.0 Å². The van der Waals surface area contributed by atoms with E-state index < -0.39 is 16.2 Å². The Morgan fingerprint density at radius 3 is 0.623 bits per heavy atom. The van der Waals surface area contributed by atoms with Crippen molar-refractivity contribution in [1.29, 1.82) is 0 Å². The summed E-state index contributed by atoms with van der Waals surface area (Å²) in [7, 11) is 0. The fourth-order valence-electron chi connectivity index (χ4n) is 18.0. The highest BCUT2D eigenvalue weighted by atomic mass is 16.5. The van der Waals surface area contributed by atoms with Crippen LogP contribution in [-0.2, 0) is 16.2 Å². The van der Waals surface area contributed by atoms with Crippen molar-refractivity contribution < 1.29 is 14.2 Å². The van der Waals surface area contributed by atoms with Gasteiger partial charge in [0, 0.05) is 50.0 Å². The molecule has 0 amide bonds. The lowest BCUT2D eigenvalue weighted by atomic mass is 9.73. The summed E-state index contributed by atoms with van der Waals surface area (Å²) in [4.78, 5) is 45.6. The van der Waals surface area contributed by atoms with E-state index in [1.54, 1.807) is 0 Å². The molecule has 3 aromatic heterocycles. The summed E-state index contributed by atoms with van der Waals surface area (Å²) in [6, 6.07) is 102. The van der Waals surface area contributed by atoms with Crippen molar-refractivity contribution >= 4 is 102 Å². The van der Waals surface area contributed by atoms with Gasteiger partial charge in [-0.15, -0.1) is 0 Å². The van der Waals surface area contributed by atoms with Crippen molar-refractivity contribution in [2.24, 2.45) is 0 Å². The zero-order valence-corrected chi connectivity index (χ0v) is 63.3. The number of rotatable bonds is 9. The topological polar surface area (TPSA) is 124 Å². The van der Waals surface area contributed by atoms with E-state index in [-0.39, 0.29) is 0 Å². The normalized spacial score (nSPS) is 14.9. The second-order valence-corrected chi connectivity index (χ2v) is 31.2. The Morgan fingerprint density at radius 2 is 0.386 bits per heavy atom. The van der Waals surface area contributed by atoms with Crippen LogP contribution >= 0.6 is 0 Å². The molecule has 0 unspecified atom stereocenters. The molecule has 6 aliphatic rings.